The lowest BCUT2D eigenvalue weighted by molar-refractivity contribution is -0.143. The van der Waals surface area contributed by atoms with E-state index in [1.54, 1.807) is 39.0 Å². The molecule has 2 heterocycles. The van der Waals surface area contributed by atoms with Gasteiger partial charge in [0, 0.05) is 0 Å². The molecule has 0 spiro atoms. The zero-order chi connectivity index (χ0) is 29.1. The van der Waals surface area contributed by atoms with E-state index in [0.29, 0.717) is 44.3 Å². The molecule has 1 aliphatic rings. The van der Waals surface area contributed by atoms with E-state index in [4.69, 9.17) is 14.2 Å². The number of phenolic OH excluding ortho intramolecular Hbond substituents is 1. The van der Waals surface area contributed by atoms with Crippen LogP contribution in [0.2, 0.25) is 0 Å². The largest absolute Gasteiger partial charge is 0.504 e. The van der Waals surface area contributed by atoms with Crippen LogP contribution in [0.4, 0.5) is 0 Å². The number of hydrogen-bond donors (Lipinski definition) is 1. The van der Waals surface area contributed by atoms with Crippen molar-refractivity contribution in [3.8, 4) is 17.2 Å². The summed E-state index contributed by atoms with van der Waals surface area (Å²) < 4.78 is 18.7. The van der Waals surface area contributed by atoms with Gasteiger partial charge in [-0.05, 0) is 67.8 Å². The van der Waals surface area contributed by atoms with E-state index in [-0.39, 0.29) is 17.4 Å². The molecule has 3 aromatic carbocycles. The van der Waals surface area contributed by atoms with Gasteiger partial charge in [0.25, 0.3) is 5.56 Å². The Morgan fingerprint density at radius 2 is 1.83 bits per heavy atom. The van der Waals surface area contributed by atoms with Crippen molar-refractivity contribution >= 4 is 23.4 Å². The first kappa shape index (κ1) is 27.9. The number of methoxy groups -OCH3 is 1. The lowest BCUT2D eigenvalue weighted by atomic mass is 9.96. The lowest BCUT2D eigenvalue weighted by Gasteiger charge is -2.25. The van der Waals surface area contributed by atoms with Crippen molar-refractivity contribution in [3.63, 3.8) is 0 Å². The zero-order valence-electron chi connectivity index (χ0n) is 23.2. The van der Waals surface area contributed by atoms with Gasteiger partial charge in [0.15, 0.2) is 16.3 Å². The van der Waals surface area contributed by atoms with E-state index in [1.807, 2.05) is 54.6 Å². The fourth-order valence-electron chi connectivity index (χ4n) is 4.60. The van der Waals surface area contributed by atoms with E-state index in [0.717, 1.165) is 11.1 Å². The Labute approximate surface area is 241 Å². The zero-order valence-corrected chi connectivity index (χ0v) is 24.0. The molecule has 0 radical (unpaired) electrons. The molecule has 1 unspecified atom stereocenters. The second kappa shape index (κ2) is 11.9. The molecule has 0 amide bonds. The number of carbonyl (C=O) groups excluding carboxylic acids is 1. The topological polar surface area (TPSA) is 99.4 Å². The van der Waals surface area contributed by atoms with E-state index in [1.165, 1.54) is 29.1 Å². The molecule has 41 heavy (non-hydrogen) atoms. The number of phenols is 1. The molecule has 5 rings (SSSR count). The van der Waals surface area contributed by atoms with Gasteiger partial charge in [0.05, 0.1) is 35.1 Å². The van der Waals surface area contributed by atoms with Gasteiger partial charge >= 0.3 is 5.97 Å². The molecular weight excluding hydrogens is 540 g/mol. The Kier molecular flexibility index (Phi) is 8.07. The fraction of sp³-hybridized carbons (Fsp3) is 0.219. The second-order valence-corrected chi connectivity index (χ2v) is 10.8. The average Bonchev–Trinajstić information content (AvgIpc) is 3.26. The van der Waals surface area contributed by atoms with Gasteiger partial charge in [-0.3, -0.25) is 9.36 Å². The Bertz CT molecular complexity index is 1790. The van der Waals surface area contributed by atoms with E-state index < -0.39 is 12.0 Å². The first-order valence-electron chi connectivity index (χ1n) is 13.1. The van der Waals surface area contributed by atoms with Crippen molar-refractivity contribution in [2.24, 2.45) is 4.99 Å². The van der Waals surface area contributed by atoms with Crippen LogP contribution in [0.5, 0.6) is 17.2 Å². The molecular formula is C32H30N2O6S. The SMILES string of the molecule is COc1cc(/C=c2\sc3n(c2=O)C(c2ccc(OCc4ccccc4)cc2)C(C(=O)OC(C)C)=C(C)N=3)ccc1O. The van der Waals surface area contributed by atoms with Gasteiger partial charge in [-0.2, -0.15) is 0 Å². The maximum Gasteiger partial charge on any atom is 0.338 e. The quantitative estimate of drug-likeness (QED) is 0.314. The van der Waals surface area contributed by atoms with E-state index in [9.17, 15) is 14.7 Å². The van der Waals surface area contributed by atoms with Crippen molar-refractivity contribution in [2.45, 2.75) is 39.5 Å². The molecule has 0 aliphatic carbocycles. The van der Waals surface area contributed by atoms with Crippen LogP contribution in [0.1, 0.15) is 43.5 Å². The van der Waals surface area contributed by atoms with Gasteiger partial charge < -0.3 is 19.3 Å². The van der Waals surface area contributed by atoms with E-state index >= 15 is 0 Å². The maximum absolute atomic E-state index is 13.8. The number of esters is 1. The average molecular weight is 571 g/mol. The summed E-state index contributed by atoms with van der Waals surface area (Å²) in [4.78, 5) is 32.3. The van der Waals surface area contributed by atoms with Crippen LogP contribution >= 0.6 is 11.3 Å². The Morgan fingerprint density at radius 1 is 1.10 bits per heavy atom. The van der Waals surface area contributed by atoms with Crippen molar-refractivity contribution in [2.75, 3.05) is 7.11 Å². The van der Waals surface area contributed by atoms with Gasteiger partial charge in [0.2, 0.25) is 0 Å². The van der Waals surface area contributed by atoms with Crippen LogP contribution in [0.15, 0.2) is 93.9 Å². The third-order valence-electron chi connectivity index (χ3n) is 6.53. The lowest BCUT2D eigenvalue weighted by Crippen LogP contribution is -2.40. The molecule has 0 fully saturated rings. The second-order valence-electron chi connectivity index (χ2n) is 9.81. The minimum absolute atomic E-state index is 0.00577. The number of ether oxygens (including phenoxy) is 3. The first-order chi connectivity index (χ1) is 19.7. The highest BCUT2D eigenvalue weighted by molar-refractivity contribution is 7.07. The van der Waals surface area contributed by atoms with Gasteiger partial charge in [0.1, 0.15) is 12.4 Å². The van der Waals surface area contributed by atoms with Crippen LogP contribution in [-0.4, -0.2) is 28.9 Å². The van der Waals surface area contributed by atoms with Crippen molar-refractivity contribution < 1.29 is 24.1 Å². The number of aromatic nitrogens is 1. The number of carbonyl (C=O) groups is 1. The molecule has 0 saturated carbocycles. The molecule has 0 saturated heterocycles. The van der Waals surface area contributed by atoms with Crippen LogP contribution in [0.3, 0.4) is 0 Å². The number of aromatic hydroxyl groups is 1. The summed E-state index contributed by atoms with van der Waals surface area (Å²) in [6.45, 7) is 5.73. The Morgan fingerprint density at radius 3 is 2.51 bits per heavy atom. The molecule has 8 nitrogen and oxygen atoms in total. The van der Waals surface area contributed by atoms with Crippen LogP contribution in [0.25, 0.3) is 6.08 Å². The molecule has 9 heteroatoms. The number of rotatable bonds is 8. The number of hydrogen-bond acceptors (Lipinski definition) is 8. The van der Waals surface area contributed by atoms with Gasteiger partial charge in [-0.25, -0.2) is 9.79 Å². The number of fused-ring (bicyclic) bond motifs is 1. The smallest absolute Gasteiger partial charge is 0.338 e. The number of nitrogens with zero attached hydrogens (tertiary/aromatic N) is 2. The summed E-state index contributed by atoms with van der Waals surface area (Å²) in [6.07, 6.45) is 1.38. The molecule has 0 bridgehead atoms. The summed E-state index contributed by atoms with van der Waals surface area (Å²) in [7, 11) is 1.46. The molecule has 1 N–H and O–H groups in total. The van der Waals surface area contributed by atoms with Crippen LogP contribution < -0.4 is 24.4 Å². The molecule has 4 aromatic rings. The third kappa shape index (κ3) is 5.95. The minimum atomic E-state index is -0.739. The molecule has 1 atom stereocenters. The highest BCUT2D eigenvalue weighted by Gasteiger charge is 2.33. The molecule has 1 aliphatic heterocycles. The summed E-state index contributed by atoms with van der Waals surface area (Å²) in [6, 6.07) is 21.4. The highest BCUT2D eigenvalue weighted by Crippen LogP contribution is 2.32. The number of benzene rings is 3. The normalized spacial score (nSPS) is 15.0. The van der Waals surface area contributed by atoms with Crippen molar-refractivity contribution in [1.29, 1.82) is 0 Å². The van der Waals surface area contributed by atoms with Crippen LogP contribution in [0, 0.1) is 0 Å². The summed E-state index contributed by atoms with van der Waals surface area (Å²) >= 11 is 1.23. The van der Waals surface area contributed by atoms with Crippen molar-refractivity contribution in [3.05, 3.63) is 120 Å². The minimum Gasteiger partial charge on any atom is -0.504 e. The maximum atomic E-state index is 13.8. The highest BCUT2D eigenvalue weighted by atomic mass is 32.1. The fourth-order valence-corrected chi connectivity index (χ4v) is 5.64. The van der Waals surface area contributed by atoms with E-state index in [2.05, 4.69) is 4.99 Å². The third-order valence-corrected chi connectivity index (χ3v) is 7.51. The first-order valence-corrected chi connectivity index (χ1v) is 13.9. The Balaban J connectivity index is 1.57. The molecule has 210 valence electrons. The number of thiazole rings is 1. The summed E-state index contributed by atoms with van der Waals surface area (Å²) in [5, 5.41) is 9.96. The predicted octanol–water partition coefficient (Wildman–Crippen LogP) is 4.48. The monoisotopic (exact) mass is 570 g/mol. The standard InChI is InChI=1S/C32H30N2O6S/c1-19(2)40-31(37)28-20(3)33-32-34(30(36)27(41-32)17-22-10-15-25(35)26(16-22)38-4)29(28)23-11-13-24(14-12-23)39-18-21-8-6-5-7-9-21/h5-17,19,29,35H,18H2,1-4H3/b27-17-. The summed E-state index contributed by atoms with van der Waals surface area (Å²) in [5.74, 6) is 0.450. The van der Waals surface area contributed by atoms with Crippen LogP contribution in [-0.2, 0) is 16.1 Å². The summed E-state index contributed by atoms with van der Waals surface area (Å²) in [5.41, 5.74) is 2.95. The van der Waals surface area contributed by atoms with Gasteiger partial charge in [-0.1, -0.05) is 59.9 Å². The number of allylic oxidation sites excluding steroid dienone is 1. The van der Waals surface area contributed by atoms with Gasteiger partial charge in [-0.15, -0.1) is 0 Å². The van der Waals surface area contributed by atoms with Crippen molar-refractivity contribution in [1.82, 2.24) is 4.57 Å². The predicted molar refractivity (Wildman–Crippen MR) is 157 cm³/mol. The Hall–Kier alpha value is -4.63. The molecule has 1 aromatic heterocycles.